The summed E-state index contributed by atoms with van der Waals surface area (Å²) in [5.41, 5.74) is 0.419. The molecule has 0 saturated heterocycles. The van der Waals surface area contributed by atoms with Crippen LogP contribution < -0.4 is 0 Å². The van der Waals surface area contributed by atoms with Crippen molar-refractivity contribution in [2.24, 2.45) is 4.99 Å². The van der Waals surface area contributed by atoms with Gasteiger partial charge < -0.3 is 4.74 Å². The van der Waals surface area contributed by atoms with Crippen molar-refractivity contribution in [1.82, 2.24) is 0 Å². The van der Waals surface area contributed by atoms with Crippen LogP contribution in [0, 0.1) is 0 Å². The fourth-order valence-corrected chi connectivity index (χ4v) is 1.62. The molecule has 15 heavy (non-hydrogen) atoms. The third-order valence-electron chi connectivity index (χ3n) is 2.50. The van der Waals surface area contributed by atoms with Gasteiger partial charge in [-0.1, -0.05) is 6.58 Å². The monoisotopic (exact) mass is 209 g/mol. The molecule has 0 atom stereocenters. The maximum Gasteiger partial charge on any atom is 0.333 e. The van der Waals surface area contributed by atoms with Crippen LogP contribution in [0.15, 0.2) is 17.1 Å². The molecule has 0 unspecified atom stereocenters. The zero-order chi connectivity index (χ0) is 11.3. The van der Waals surface area contributed by atoms with Gasteiger partial charge in [-0.2, -0.15) is 0 Å². The molecule has 4 nitrogen and oxygen atoms in total. The minimum Gasteiger partial charge on any atom is -0.459 e. The van der Waals surface area contributed by atoms with E-state index in [1.165, 1.54) is 0 Å². The van der Waals surface area contributed by atoms with Crippen molar-refractivity contribution in [2.45, 2.75) is 44.8 Å². The fourth-order valence-electron chi connectivity index (χ4n) is 1.62. The number of isocyanates is 1. The highest BCUT2D eigenvalue weighted by Gasteiger charge is 2.23. The van der Waals surface area contributed by atoms with Gasteiger partial charge in [-0.3, -0.25) is 0 Å². The lowest BCUT2D eigenvalue weighted by Gasteiger charge is -2.25. The van der Waals surface area contributed by atoms with Gasteiger partial charge in [0.1, 0.15) is 6.10 Å². The predicted molar refractivity (Wildman–Crippen MR) is 55.1 cm³/mol. The quantitative estimate of drug-likeness (QED) is 0.308. The van der Waals surface area contributed by atoms with Crippen LogP contribution in [0.5, 0.6) is 0 Å². The molecule has 0 radical (unpaired) electrons. The van der Waals surface area contributed by atoms with Crippen LogP contribution in [0.4, 0.5) is 0 Å². The second-order valence-electron chi connectivity index (χ2n) is 3.84. The first kappa shape index (κ1) is 11.7. The average Bonchev–Trinajstić information content (AvgIpc) is 2.21. The number of nitrogens with zero attached hydrogens (tertiary/aromatic N) is 1. The molecule has 1 aliphatic carbocycles. The zero-order valence-corrected chi connectivity index (χ0v) is 8.86. The Balaban J connectivity index is 2.34. The molecule has 1 fully saturated rings. The molecule has 0 aromatic heterocycles. The van der Waals surface area contributed by atoms with Gasteiger partial charge in [0.25, 0.3) is 0 Å². The highest BCUT2D eigenvalue weighted by Crippen LogP contribution is 2.23. The van der Waals surface area contributed by atoms with E-state index < -0.39 is 0 Å². The SMILES string of the molecule is C=C(C)C(=O)OC1CCC(N=C=O)CC1. The van der Waals surface area contributed by atoms with Crippen LogP contribution in [0.3, 0.4) is 0 Å². The lowest BCUT2D eigenvalue weighted by Crippen LogP contribution is -2.26. The number of ether oxygens (including phenoxy) is 1. The molecule has 0 heterocycles. The molecule has 0 amide bonds. The molecule has 0 N–H and O–H groups in total. The van der Waals surface area contributed by atoms with E-state index in [2.05, 4.69) is 11.6 Å². The first-order valence-electron chi connectivity index (χ1n) is 5.07. The lowest BCUT2D eigenvalue weighted by molar-refractivity contribution is -0.145. The Kier molecular flexibility index (Phi) is 4.25. The summed E-state index contributed by atoms with van der Waals surface area (Å²) in [7, 11) is 0. The number of carbonyl (C=O) groups excluding carboxylic acids is 2. The topological polar surface area (TPSA) is 55.7 Å². The summed E-state index contributed by atoms with van der Waals surface area (Å²) >= 11 is 0. The molecule has 0 aromatic carbocycles. The van der Waals surface area contributed by atoms with Crippen molar-refractivity contribution in [1.29, 1.82) is 0 Å². The second kappa shape index (κ2) is 5.47. The van der Waals surface area contributed by atoms with Crippen LogP contribution in [-0.2, 0) is 14.3 Å². The molecule has 82 valence electrons. The van der Waals surface area contributed by atoms with Crippen molar-refractivity contribution in [3.8, 4) is 0 Å². The number of carbonyl (C=O) groups is 1. The smallest absolute Gasteiger partial charge is 0.333 e. The first-order valence-corrected chi connectivity index (χ1v) is 5.07. The number of hydrogen-bond donors (Lipinski definition) is 0. The Bertz CT molecular complexity index is 297. The molecular weight excluding hydrogens is 194 g/mol. The van der Waals surface area contributed by atoms with Crippen LogP contribution >= 0.6 is 0 Å². The summed E-state index contributed by atoms with van der Waals surface area (Å²) in [5.74, 6) is -0.336. The summed E-state index contributed by atoms with van der Waals surface area (Å²) < 4.78 is 5.20. The van der Waals surface area contributed by atoms with Gasteiger partial charge in [-0.15, -0.1) is 0 Å². The average molecular weight is 209 g/mol. The molecule has 1 aliphatic rings. The van der Waals surface area contributed by atoms with E-state index in [9.17, 15) is 9.59 Å². The Morgan fingerprint density at radius 2 is 2.00 bits per heavy atom. The summed E-state index contributed by atoms with van der Waals surface area (Å²) in [4.78, 5) is 24.9. The van der Waals surface area contributed by atoms with E-state index in [0.29, 0.717) is 5.57 Å². The maximum atomic E-state index is 11.2. The van der Waals surface area contributed by atoms with Gasteiger partial charge in [0, 0.05) is 5.57 Å². The zero-order valence-electron chi connectivity index (χ0n) is 8.86. The van der Waals surface area contributed by atoms with Gasteiger partial charge in [0.05, 0.1) is 6.04 Å². The van der Waals surface area contributed by atoms with Crippen LogP contribution in [0.25, 0.3) is 0 Å². The summed E-state index contributed by atoms with van der Waals surface area (Å²) in [6.45, 7) is 5.15. The lowest BCUT2D eigenvalue weighted by atomic mass is 9.93. The first-order chi connectivity index (χ1) is 7.13. The highest BCUT2D eigenvalue weighted by molar-refractivity contribution is 5.87. The summed E-state index contributed by atoms with van der Waals surface area (Å²) in [6.07, 6.45) is 4.60. The number of rotatable bonds is 3. The third kappa shape index (κ3) is 3.68. The van der Waals surface area contributed by atoms with Gasteiger partial charge in [0.2, 0.25) is 6.08 Å². The minimum absolute atomic E-state index is 0.0488. The van der Waals surface area contributed by atoms with Crippen molar-refractivity contribution >= 4 is 12.0 Å². The largest absolute Gasteiger partial charge is 0.459 e. The molecular formula is C11H15NO3. The normalized spacial score (nSPS) is 25.1. The van der Waals surface area contributed by atoms with E-state index in [0.717, 1.165) is 25.7 Å². The van der Waals surface area contributed by atoms with Gasteiger partial charge in [0.15, 0.2) is 0 Å². The molecule has 0 bridgehead atoms. The number of esters is 1. The Morgan fingerprint density at radius 1 is 1.40 bits per heavy atom. The molecule has 0 aromatic rings. The molecule has 0 spiro atoms. The van der Waals surface area contributed by atoms with Crippen molar-refractivity contribution < 1.29 is 14.3 Å². The molecule has 0 aliphatic heterocycles. The van der Waals surface area contributed by atoms with Crippen molar-refractivity contribution in [3.63, 3.8) is 0 Å². The summed E-state index contributed by atoms with van der Waals surface area (Å²) in [5, 5.41) is 0. The number of hydrogen-bond acceptors (Lipinski definition) is 4. The minimum atomic E-state index is -0.336. The van der Waals surface area contributed by atoms with E-state index in [-0.39, 0.29) is 18.1 Å². The van der Waals surface area contributed by atoms with E-state index in [1.807, 2.05) is 0 Å². The van der Waals surface area contributed by atoms with Gasteiger partial charge in [-0.05, 0) is 32.6 Å². The highest BCUT2D eigenvalue weighted by atomic mass is 16.5. The standard InChI is InChI=1S/C11H15NO3/c1-8(2)11(14)15-10-5-3-9(4-6-10)12-7-13/h9-10H,1,3-6H2,2H3. The summed E-state index contributed by atoms with van der Waals surface area (Å²) in [6, 6.07) is 0.0577. The Hall–Kier alpha value is -1.41. The molecule has 4 heteroatoms. The van der Waals surface area contributed by atoms with E-state index in [4.69, 9.17) is 4.74 Å². The Morgan fingerprint density at radius 3 is 2.47 bits per heavy atom. The van der Waals surface area contributed by atoms with Gasteiger partial charge in [-0.25, -0.2) is 14.6 Å². The van der Waals surface area contributed by atoms with Crippen LogP contribution in [-0.4, -0.2) is 24.2 Å². The van der Waals surface area contributed by atoms with Crippen molar-refractivity contribution in [2.75, 3.05) is 0 Å². The van der Waals surface area contributed by atoms with Crippen LogP contribution in [0.2, 0.25) is 0 Å². The van der Waals surface area contributed by atoms with Gasteiger partial charge >= 0.3 is 5.97 Å². The van der Waals surface area contributed by atoms with Crippen LogP contribution in [0.1, 0.15) is 32.6 Å². The van der Waals surface area contributed by atoms with E-state index >= 15 is 0 Å². The number of aliphatic imine (C=N–C) groups is 1. The molecule has 1 saturated carbocycles. The second-order valence-corrected chi connectivity index (χ2v) is 3.84. The predicted octanol–water partition coefficient (Wildman–Crippen LogP) is 1.75. The maximum absolute atomic E-state index is 11.2. The molecule has 1 rings (SSSR count). The van der Waals surface area contributed by atoms with E-state index in [1.54, 1.807) is 13.0 Å². The van der Waals surface area contributed by atoms with Crippen molar-refractivity contribution in [3.05, 3.63) is 12.2 Å². The fraction of sp³-hybridized carbons (Fsp3) is 0.636. The Labute approximate surface area is 89.0 Å². The third-order valence-corrected chi connectivity index (χ3v) is 2.50.